The second-order valence-corrected chi connectivity index (χ2v) is 8.83. The number of carbonyl (C=O) groups is 1. The van der Waals surface area contributed by atoms with Gasteiger partial charge < -0.3 is 10.6 Å². The molecule has 168 valence electrons. The van der Waals surface area contributed by atoms with Gasteiger partial charge in [0.25, 0.3) is 0 Å². The van der Waals surface area contributed by atoms with Crippen LogP contribution in [0.3, 0.4) is 0 Å². The molecule has 6 nitrogen and oxygen atoms in total. The van der Waals surface area contributed by atoms with Crippen LogP contribution < -0.4 is 10.6 Å². The summed E-state index contributed by atoms with van der Waals surface area (Å²) < 4.78 is 1.82. The minimum absolute atomic E-state index is 0.434. The Kier molecular flexibility index (Phi) is 4.99. The molecule has 1 amide bonds. The summed E-state index contributed by atoms with van der Waals surface area (Å²) in [7, 11) is 0. The fourth-order valence-corrected chi connectivity index (χ4v) is 4.99. The van der Waals surface area contributed by atoms with Crippen LogP contribution >= 0.6 is 0 Å². The average Bonchev–Trinajstić information content (AvgIpc) is 3.31. The largest absolute Gasteiger partial charge is 0.372 e. The molecule has 0 atom stereocenters. The topological polar surface area (TPSA) is 76.5 Å². The lowest BCUT2D eigenvalue weighted by molar-refractivity contribution is 0.100. The van der Waals surface area contributed by atoms with Gasteiger partial charge in [-0.3, -0.25) is 4.79 Å². The van der Waals surface area contributed by atoms with E-state index in [0.29, 0.717) is 5.56 Å². The number of aromatic nitrogens is 3. The summed E-state index contributed by atoms with van der Waals surface area (Å²) in [4.78, 5) is 19.1. The van der Waals surface area contributed by atoms with E-state index in [9.17, 15) is 4.79 Å². The summed E-state index contributed by atoms with van der Waals surface area (Å²) in [5.41, 5.74) is 12.2. The molecule has 6 heteroatoms. The predicted octanol–water partition coefficient (Wildman–Crippen LogP) is 5.31. The summed E-state index contributed by atoms with van der Waals surface area (Å²) >= 11 is 0. The summed E-state index contributed by atoms with van der Waals surface area (Å²) in [6, 6.07) is 20.2. The summed E-state index contributed by atoms with van der Waals surface area (Å²) in [5, 5.41) is 6.37. The van der Waals surface area contributed by atoms with Crippen LogP contribution in [0.25, 0.3) is 38.7 Å². The molecule has 0 bridgehead atoms. The molecule has 1 fully saturated rings. The summed E-state index contributed by atoms with van der Waals surface area (Å²) in [6.07, 6.45) is 9.61. The number of primary amides is 1. The van der Waals surface area contributed by atoms with Gasteiger partial charge in [0.05, 0.1) is 6.20 Å². The number of hydrogen-bond donors (Lipinski definition) is 1. The first-order valence-electron chi connectivity index (χ1n) is 11.7. The van der Waals surface area contributed by atoms with E-state index < -0.39 is 5.91 Å². The Balaban J connectivity index is 1.37. The first kappa shape index (κ1) is 20.4. The minimum Gasteiger partial charge on any atom is -0.372 e. The van der Waals surface area contributed by atoms with Gasteiger partial charge in [0.1, 0.15) is 0 Å². The van der Waals surface area contributed by atoms with Crippen LogP contribution in [0.4, 0.5) is 5.69 Å². The predicted molar refractivity (Wildman–Crippen MR) is 136 cm³/mol. The van der Waals surface area contributed by atoms with Crippen molar-refractivity contribution in [3.8, 4) is 22.3 Å². The van der Waals surface area contributed by atoms with Crippen LogP contribution in [0, 0.1) is 0 Å². The van der Waals surface area contributed by atoms with Gasteiger partial charge in [-0.15, -0.1) is 0 Å². The zero-order valence-electron chi connectivity index (χ0n) is 18.8. The quantitative estimate of drug-likeness (QED) is 0.405. The molecule has 1 aliphatic heterocycles. The Morgan fingerprint density at radius 1 is 0.794 bits per heavy atom. The Morgan fingerprint density at radius 2 is 1.56 bits per heavy atom. The van der Waals surface area contributed by atoms with E-state index in [1.807, 2.05) is 53.4 Å². The van der Waals surface area contributed by atoms with Crippen molar-refractivity contribution in [2.45, 2.75) is 19.3 Å². The molecule has 2 N–H and O–H groups in total. The van der Waals surface area contributed by atoms with Gasteiger partial charge in [-0.05, 0) is 59.4 Å². The first-order valence-corrected chi connectivity index (χ1v) is 11.7. The third-order valence-corrected chi connectivity index (χ3v) is 6.76. The highest BCUT2D eigenvalue weighted by Crippen LogP contribution is 2.33. The van der Waals surface area contributed by atoms with Gasteiger partial charge in [-0.25, -0.2) is 9.50 Å². The monoisotopic (exact) mass is 447 g/mol. The third kappa shape index (κ3) is 3.48. The van der Waals surface area contributed by atoms with Gasteiger partial charge in [-0.1, -0.05) is 42.5 Å². The number of nitrogens with two attached hydrogens (primary N) is 1. The maximum absolute atomic E-state index is 11.9. The van der Waals surface area contributed by atoms with Crippen LogP contribution in [0.2, 0.25) is 0 Å². The minimum atomic E-state index is -0.434. The summed E-state index contributed by atoms with van der Waals surface area (Å²) in [5.74, 6) is -0.434. The fraction of sp³-hybridized carbons (Fsp3) is 0.179. The van der Waals surface area contributed by atoms with Gasteiger partial charge in [0.2, 0.25) is 5.91 Å². The van der Waals surface area contributed by atoms with Crippen molar-refractivity contribution in [3.05, 3.63) is 84.8 Å². The van der Waals surface area contributed by atoms with Crippen LogP contribution in [-0.4, -0.2) is 33.6 Å². The molecule has 3 aromatic carbocycles. The Hall–Kier alpha value is -4.19. The Bertz CT molecular complexity index is 1510. The van der Waals surface area contributed by atoms with Crippen LogP contribution in [0.5, 0.6) is 0 Å². The van der Waals surface area contributed by atoms with Crippen molar-refractivity contribution in [1.29, 1.82) is 0 Å². The number of fused-ring (bicyclic) bond motifs is 2. The number of nitrogens with zero attached hydrogens (tertiary/aromatic N) is 4. The van der Waals surface area contributed by atoms with Gasteiger partial charge >= 0.3 is 0 Å². The van der Waals surface area contributed by atoms with E-state index in [2.05, 4.69) is 34.3 Å². The normalized spacial score (nSPS) is 14.1. The third-order valence-electron chi connectivity index (χ3n) is 6.76. The highest BCUT2D eigenvalue weighted by molar-refractivity contribution is 6.10. The molecule has 0 radical (unpaired) electrons. The van der Waals surface area contributed by atoms with E-state index in [4.69, 9.17) is 10.7 Å². The molecule has 1 saturated heterocycles. The molecule has 6 rings (SSSR count). The molecule has 2 aromatic heterocycles. The molecular weight excluding hydrogens is 422 g/mol. The second-order valence-electron chi connectivity index (χ2n) is 8.83. The number of benzene rings is 3. The van der Waals surface area contributed by atoms with Crippen LogP contribution in [0.1, 0.15) is 29.6 Å². The highest BCUT2D eigenvalue weighted by Gasteiger charge is 2.15. The number of rotatable bonds is 4. The molecule has 0 unspecified atom stereocenters. The number of carbonyl (C=O) groups excluding carboxylic acids is 1. The van der Waals surface area contributed by atoms with Crippen molar-refractivity contribution in [2.24, 2.45) is 5.73 Å². The number of piperidine rings is 1. The Labute approximate surface area is 197 Å². The van der Waals surface area contributed by atoms with Crippen LogP contribution in [-0.2, 0) is 0 Å². The SMILES string of the molecule is NC(=O)c1cccc2c(-c3cnn4cc(-c5ccc(N6CCCCC6)cc5)cnc34)cccc12. The van der Waals surface area contributed by atoms with E-state index >= 15 is 0 Å². The Morgan fingerprint density at radius 3 is 2.35 bits per heavy atom. The molecular formula is C28H25N5O. The van der Waals surface area contributed by atoms with Gasteiger partial charge in [0, 0.05) is 47.9 Å². The van der Waals surface area contributed by atoms with Crippen molar-refractivity contribution in [1.82, 2.24) is 14.6 Å². The van der Waals surface area contributed by atoms with Crippen molar-refractivity contribution >= 4 is 28.0 Å². The molecule has 1 aliphatic rings. The fourth-order valence-electron chi connectivity index (χ4n) is 4.99. The molecule has 0 spiro atoms. The molecule has 3 heterocycles. The number of hydrogen-bond acceptors (Lipinski definition) is 4. The van der Waals surface area contributed by atoms with Gasteiger partial charge in [-0.2, -0.15) is 5.10 Å². The second kappa shape index (κ2) is 8.30. The van der Waals surface area contributed by atoms with E-state index in [0.717, 1.165) is 51.8 Å². The van der Waals surface area contributed by atoms with Crippen molar-refractivity contribution < 1.29 is 4.79 Å². The molecule has 34 heavy (non-hydrogen) atoms. The zero-order chi connectivity index (χ0) is 23.1. The average molecular weight is 448 g/mol. The summed E-state index contributed by atoms with van der Waals surface area (Å²) in [6.45, 7) is 2.27. The van der Waals surface area contributed by atoms with Crippen LogP contribution in [0.15, 0.2) is 79.3 Å². The maximum atomic E-state index is 11.9. The lowest BCUT2D eigenvalue weighted by Gasteiger charge is -2.28. The molecule has 0 aliphatic carbocycles. The van der Waals surface area contributed by atoms with E-state index in [-0.39, 0.29) is 0 Å². The lowest BCUT2D eigenvalue weighted by atomic mass is 9.96. The maximum Gasteiger partial charge on any atom is 0.249 e. The number of amides is 1. The standard InChI is InChI=1S/C28H25N5O/c29-27(34)25-9-5-6-22-23(25)7-4-8-24(22)26-17-31-33-18-20(16-30-28(26)33)19-10-12-21(13-11-19)32-14-2-1-3-15-32/h4-13,16-18H,1-3,14-15H2,(H2,29,34). The zero-order valence-corrected chi connectivity index (χ0v) is 18.8. The van der Waals surface area contributed by atoms with E-state index in [1.165, 1.54) is 24.9 Å². The van der Waals surface area contributed by atoms with Gasteiger partial charge in [0.15, 0.2) is 5.65 Å². The first-order chi connectivity index (χ1) is 16.7. The lowest BCUT2D eigenvalue weighted by Crippen LogP contribution is -2.29. The smallest absolute Gasteiger partial charge is 0.249 e. The van der Waals surface area contributed by atoms with E-state index in [1.54, 1.807) is 6.07 Å². The molecule has 5 aromatic rings. The van der Waals surface area contributed by atoms with Crippen molar-refractivity contribution in [2.75, 3.05) is 18.0 Å². The number of anilines is 1. The molecule has 0 saturated carbocycles. The van der Waals surface area contributed by atoms with Crippen molar-refractivity contribution in [3.63, 3.8) is 0 Å². The highest BCUT2D eigenvalue weighted by atomic mass is 16.1.